The molecule has 1 aromatic rings. The van der Waals surface area contributed by atoms with Gasteiger partial charge in [0.1, 0.15) is 0 Å². The number of hydrogen-bond donors (Lipinski definition) is 1. The van der Waals surface area contributed by atoms with Crippen LogP contribution in [0.25, 0.3) is 0 Å². The second kappa shape index (κ2) is 5.19. The maximum absolute atomic E-state index is 11.4. The van der Waals surface area contributed by atoms with Gasteiger partial charge < -0.3 is 10.2 Å². The second-order valence-electron chi connectivity index (χ2n) is 4.45. The van der Waals surface area contributed by atoms with Gasteiger partial charge in [0.2, 0.25) is 5.95 Å². The van der Waals surface area contributed by atoms with E-state index in [0.717, 1.165) is 17.8 Å². The fraction of sp³-hybridized carbons (Fsp3) is 0.636. The maximum Gasteiger partial charge on any atom is 0.225 e. The maximum atomic E-state index is 11.4. The Morgan fingerprint density at radius 2 is 2.06 bits per heavy atom. The number of aryl methyl sites for hydroxylation is 1. The molecule has 0 unspecified atom stereocenters. The third-order valence-electron chi connectivity index (χ3n) is 3.06. The Balaban J connectivity index is 2.13. The summed E-state index contributed by atoms with van der Waals surface area (Å²) >= 11 is 0. The van der Waals surface area contributed by atoms with E-state index in [1.54, 1.807) is 6.20 Å². The average Bonchev–Trinajstić information content (AvgIpc) is 2.32. The normalized spacial score (nSPS) is 18.9. The Kier molecular flexibility index (Phi) is 3.82. The Morgan fingerprint density at radius 3 is 2.61 bits per heavy atom. The molecule has 18 heavy (non-hydrogen) atoms. The lowest BCUT2D eigenvalue weighted by molar-refractivity contribution is 0.585. The highest BCUT2D eigenvalue weighted by Gasteiger charge is 2.23. The van der Waals surface area contributed by atoms with Gasteiger partial charge in [-0.2, -0.15) is 0 Å². The predicted molar refractivity (Wildman–Crippen MR) is 70.4 cm³/mol. The van der Waals surface area contributed by atoms with E-state index >= 15 is 0 Å². The van der Waals surface area contributed by atoms with E-state index in [9.17, 15) is 8.42 Å². The summed E-state index contributed by atoms with van der Waals surface area (Å²) in [5.41, 5.74) is 1.99. The summed E-state index contributed by atoms with van der Waals surface area (Å²) < 4.78 is 22.7. The quantitative estimate of drug-likeness (QED) is 0.815. The van der Waals surface area contributed by atoms with Crippen LogP contribution in [0.1, 0.15) is 11.3 Å². The molecule has 0 saturated carbocycles. The van der Waals surface area contributed by atoms with Gasteiger partial charge in [-0.25, -0.2) is 18.4 Å². The third kappa shape index (κ3) is 2.97. The van der Waals surface area contributed by atoms with E-state index < -0.39 is 9.84 Å². The van der Waals surface area contributed by atoms with Crippen LogP contribution in [0.3, 0.4) is 0 Å². The van der Waals surface area contributed by atoms with Crippen molar-refractivity contribution in [2.24, 2.45) is 0 Å². The molecule has 0 bridgehead atoms. The smallest absolute Gasteiger partial charge is 0.225 e. The van der Waals surface area contributed by atoms with Gasteiger partial charge in [0, 0.05) is 37.1 Å². The molecule has 2 heterocycles. The Morgan fingerprint density at radius 1 is 1.39 bits per heavy atom. The van der Waals surface area contributed by atoms with Crippen molar-refractivity contribution in [2.45, 2.75) is 13.5 Å². The van der Waals surface area contributed by atoms with Crippen molar-refractivity contribution in [3.05, 3.63) is 17.5 Å². The molecule has 7 heteroatoms. The molecule has 0 spiro atoms. The molecule has 0 radical (unpaired) electrons. The van der Waals surface area contributed by atoms with Crippen molar-refractivity contribution in [3.63, 3.8) is 0 Å². The van der Waals surface area contributed by atoms with Crippen LogP contribution in [-0.2, 0) is 16.4 Å². The van der Waals surface area contributed by atoms with Crippen LogP contribution in [0.5, 0.6) is 0 Å². The molecule has 100 valence electrons. The first-order valence-electron chi connectivity index (χ1n) is 5.94. The van der Waals surface area contributed by atoms with Crippen LogP contribution in [0.15, 0.2) is 6.20 Å². The second-order valence-corrected chi connectivity index (χ2v) is 6.75. The van der Waals surface area contributed by atoms with Crippen LogP contribution < -0.4 is 10.2 Å². The van der Waals surface area contributed by atoms with Crippen LogP contribution in [0.4, 0.5) is 5.95 Å². The zero-order valence-electron chi connectivity index (χ0n) is 10.7. The lowest BCUT2D eigenvalue weighted by Crippen LogP contribution is -2.41. The molecule has 0 amide bonds. The van der Waals surface area contributed by atoms with Crippen molar-refractivity contribution >= 4 is 15.8 Å². The van der Waals surface area contributed by atoms with E-state index in [4.69, 9.17) is 0 Å². The van der Waals surface area contributed by atoms with Crippen LogP contribution >= 0.6 is 0 Å². The lowest BCUT2D eigenvalue weighted by atomic mass is 10.2. The highest BCUT2D eigenvalue weighted by molar-refractivity contribution is 7.91. The largest absolute Gasteiger partial charge is 0.339 e. The van der Waals surface area contributed by atoms with Gasteiger partial charge in [-0.3, -0.25) is 0 Å². The van der Waals surface area contributed by atoms with E-state index in [2.05, 4.69) is 15.3 Å². The number of nitrogens with one attached hydrogen (secondary N) is 1. The number of hydrogen-bond acceptors (Lipinski definition) is 6. The Bertz CT molecular complexity index is 516. The first-order valence-corrected chi connectivity index (χ1v) is 7.76. The molecule has 1 aliphatic rings. The molecule has 0 atom stereocenters. The number of nitrogens with zero attached hydrogens (tertiary/aromatic N) is 3. The predicted octanol–water partition coefficient (Wildman–Crippen LogP) is -0.261. The summed E-state index contributed by atoms with van der Waals surface area (Å²) in [4.78, 5) is 10.7. The summed E-state index contributed by atoms with van der Waals surface area (Å²) in [6, 6.07) is 0. The van der Waals surface area contributed by atoms with Crippen molar-refractivity contribution in [1.29, 1.82) is 0 Å². The van der Waals surface area contributed by atoms with Crippen molar-refractivity contribution < 1.29 is 8.42 Å². The zero-order chi connectivity index (χ0) is 13.2. The van der Waals surface area contributed by atoms with Gasteiger partial charge in [0.15, 0.2) is 9.84 Å². The van der Waals surface area contributed by atoms with Crippen molar-refractivity contribution in [3.8, 4) is 0 Å². The molecular formula is C11H18N4O2S. The third-order valence-corrected chi connectivity index (χ3v) is 4.67. The van der Waals surface area contributed by atoms with Gasteiger partial charge in [-0.15, -0.1) is 0 Å². The summed E-state index contributed by atoms with van der Waals surface area (Å²) in [6.07, 6.45) is 1.80. The molecule has 1 aromatic heterocycles. The zero-order valence-corrected chi connectivity index (χ0v) is 11.5. The summed E-state index contributed by atoms with van der Waals surface area (Å²) in [5, 5.41) is 3.06. The Labute approximate surface area is 107 Å². The van der Waals surface area contributed by atoms with Crippen molar-refractivity contribution in [2.75, 3.05) is 36.5 Å². The van der Waals surface area contributed by atoms with Gasteiger partial charge in [-0.1, -0.05) is 0 Å². The molecule has 0 aromatic carbocycles. The number of sulfone groups is 1. The van der Waals surface area contributed by atoms with Crippen LogP contribution in [0.2, 0.25) is 0 Å². The molecule has 2 rings (SSSR count). The summed E-state index contributed by atoms with van der Waals surface area (Å²) in [6.45, 7) is 3.64. The van der Waals surface area contributed by atoms with Gasteiger partial charge in [-0.05, 0) is 14.0 Å². The van der Waals surface area contributed by atoms with Gasteiger partial charge in [0.05, 0.1) is 11.5 Å². The van der Waals surface area contributed by atoms with Gasteiger partial charge >= 0.3 is 0 Å². The molecule has 1 fully saturated rings. The molecular weight excluding hydrogens is 252 g/mol. The minimum atomic E-state index is -2.86. The minimum absolute atomic E-state index is 0.188. The number of anilines is 1. The topological polar surface area (TPSA) is 75.2 Å². The molecule has 6 nitrogen and oxygen atoms in total. The minimum Gasteiger partial charge on any atom is -0.339 e. The summed E-state index contributed by atoms with van der Waals surface area (Å²) in [7, 11) is -0.980. The van der Waals surface area contributed by atoms with Crippen LogP contribution in [-0.4, -0.2) is 50.0 Å². The fourth-order valence-electron chi connectivity index (χ4n) is 1.91. The molecule has 1 N–H and O–H groups in total. The first-order chi connectivity index (χ1) is 8.52. The van der Waals surface area contributed by atoms with E-state index in [-0.39, 0.29) is 11.5 Å². The van der Waals surface area contributed by atoms with Gasteiger partial charge in [0.25, 0.3) is 0 Å². The first kappa shape index (κ1) is 13.2. The summed E-state index contributed by atoms with van der Waals surface area (Å²) in [5.74, 6) is 1.00. The highest BCUT2D eigenvalue weighted by atomic mass is 32.2. The van der Waals surface area contributed by atoms with E-state index in [1.807, 2.05) is 18.9 Å². The lowest BCUT2D eigenvalue weighted by Gasteiger charge is -2.26. The van der Waals surface area contributed by atoms with E-state index in [1.165, 1.54) is 0 Å². The Hall–Kier alpha value is -1.21. The molecule has 1 aliphatic heterocycles. The SMILES string of the molecule is CNCc1cnc(N2CCS(=O)(=O)CC2)nc1C. The monoisotopic (exact) mass is 270 g/mol. The van der Waals surface area contributed by atoms with E-state index in [0.29, 0.717) is 19.0 Å². The number of rotatable bonds is 3. The average molecular weight is 270 g/mol. The highest BCUT2D eigenvalue weighted by Crippen LogP contribution is 2.14. The van der Waals surface area contributed by atoms with Crippen molar-refractivity contribution in [1.82, 2.24) is 15.3 Å². The standard InChI is InChI=1S/C11H18N4O2S/c1-9-10(7-12-2)8-13-11(14-9)15-3-5-18(16,17)6-4-15/h8,12H,3-7H2,1-2H3. The number of aromatic nitrogens is 2. The van der Waals surface area contributed by atoms with Crippen LogP contribution in [0, 0.1) is 6.92 Å². The molecule has 1 saturated heterocycles. The molecule has 0 aliphatic carbocycles. The fourth-order valence-corrected chi connectivity index (χ4v) is 3.11.